The van der Waals surface area contributed by atoms with Crippen LogP contribution in [0.25, 0.3) is 0 Å². The summed E-state index contributed by atoms with van der Waals surface area (Å²) in [7, 11) is 0. The predicted octanol–water partition coefficient (Wildman–Crippen LogP) is 0.452. The van der Waals surface area contributed by atoms with E-state index in [9.17, 15) is 0 Å². The van der Waals surface area contributed by atoms with Gasteiger partial charge in [-0.25, -0.2) is 0 Å². The van der Waals surface area contributed by atoms with Crippen LogP contribution in [0.5, 0.6) is 0 Å². The van der Waals surface area contributed by atoms with E-state index in [0.717, 1.165) is 34.6 Å². The van der Waals surface area contributed by atoms with Gasteiger partial charge in [-0.3, -0.25) is 24.0 Å². The Balaban J connectivity index is -0.0000000331. The largest absolute Gasteiger partial charge is 0.481 e. The first-order valence-corrected chi connectivity index (χ1v) is 4.64. The van der Waals surface area contributed by atoms with Gasteiger partial charge >= 0.3 is 0 Å². The molecule has 0 bridgehead atoms. The summed E-state index contributed by atoms with van der Waals surface area (Å²) in [5.41, 5.74) is 0. The molecule has 0 aromatic heterocycles. The Morgan fingerprint density at radius 1 is 0.429 bits per heavy atom. The topological polar surface area (TPSA) is 186 Å². The predicted molar refractivity (Wildman–Crippen MR) is 66.5 cm³/mol. The van der Waals surface area contributed by atoms with E-state index in [1.807, 2.05) is 0 Å². The van der Waals surface area contributed by atoms with Crippen molar-refractivity contribution in [1.82, 2.24) is 0 Å². The Labute approximate surface area is 140 Å². The second-order valence-electron chi connectivity index (χ2n) is 2.60. The molecule has 0 aliphatic heterocycles. The van der Waals surface area contributed by atoms with E-state index in [-0.39, 0.29) is 26.2 Å². The smallest absolute Gasteiger partial charge is 0.300 e. The summed E-state index contributed by atoms with van der Waals surface area (Å²) >= 11 is 0. The van der Waals surface area contributed by atoms with Crippen molar-refractivity contribution in [3.8, 4) is 0 Å². The molecule has 0 aromatic rings. The molecule has 0 saturated carbocycles. The Morgan fingerprint density at radius 2 is 0.429 bits per heavy atom. The standard InChI is InChI=1S/5C2H4O2.Zr/c5*1-2(3)4;/h5*1H3,(H,3,4);. The average molecular weight is 391 g/mol. The van der Waals surface area contributed by atoms with E-state index < -0.39 is 29.8 Å². The third-order valence-electron chi connectivity index (χ3n) is 0. The molecule has 0 radical (unpaired) electrons. The Kier molecular flexibility index (Phi) is 53.8. The molecule has 0 fully saturated rings. The van der Waals surface area contributed by atoms with Crippen molar-refractivity contribution in [2.75, 3.05) is 0 Å². The number of carboxylic acids is 5. The van der Waals surface area contributed by atoms with Gasteiger partial charge in [0.05, 0.1) is 0 Å². The van der Waals surface area contributed by atoms with Crippen molar-refractivity contribution in [2.45, 2.75) is 34.6 Å². The van der Waals surface area contributed by atoms with E-state index in [1.54, 1.807) is 0 Å². The van der Waals surface area contributed by atoms with Crippen molar-refractivity contribution >= 4 is 29.8 Å². The Morgan fingerprint density at radius 3 is 0.429 bits per heavy atom. The average Bonchev–Trinajstić information content (AvgIpc) is 1.94. The zero-order chi connectivity index (χ0) is 17.9. The molecule has 11 heteroatoms. The van der Waals surface area contributed by atoms with Crippen molar-refractivity contribution in [3.63, 3.8) is 0 Å². The molecular formula is C10H20O10Zr. The normalized spacial score (nSPS) is 5.95. The molecule has 0 saturated heterocycles. The van der Waals surface area contributed by atoms with Crippen LogP contribution in [0.3, 0.4) is 0 Å². The zero-order valence-electron chi connectivity index (χ0n) is 12.3. The molecule has 5 N–H and O–H groups in total. The second kappa shape index (κ2) is 30.9. The SMILES string of the molecule is CC(=O)O.CC(=O)O.CC(=O)O.CC(=O)O.CC(=O)O.[Zr]. The number of hydrogen-bond donors (Lipinski definition) is 5. The van der Waals surface area contributed by atoms with E-state index in [0.29, 0.717) is 0 Å². The van der Waals surface area contributed by atoms with Crippen molar-refractivity contribution < 1.29 is 75.7 Å². The van der Waals surface area contributed by atoms with E-state index in [2.05, 4.69) is 0 Å². The number of hydrogen-bond acceptors (Lipinski definition) is 5. The molecule has 124 valence electrons. The summed E-state index contributed by atoms with van der Waals surface area (Å²) in [5.74, 6) is -4.17. The Bertz CT molecular complexity index is 211. The van der Waals surface area contributed by atoms with Gasteiger partial charge in [0.25, 0.3) is 29.8 Å². The molecular weight excluding hydrogens is 371 g/mol. The van der Waals surface area contributed by atoms with E-state index >= 15 is 0 Å². The van der Waals surface area contributed by atoms with Gasteiger partial charge in [0, 0.05) is 60.8 Å². The molecule has 0 unspecified atom stereocenters. The van der Waals surface area contributed by atoms with Crippen LogP contribution in [0.15, 0.2) is 0 Å². The van der Waals surface area contributed by atoms with Crippen LogP contribution in [0, 0.1) is 0 Å². The number of rotatable bonds is 0. The summed E-state index contributed by atoms with van der Waals surface area (Å²) < 4.78 is 0. The first-order valence-electron chi connectivity index (χ1n) is 4.64. The van der Waals surface area contributed by atoms with Crippen molar-refractivity contribution in [2.24, 2.45) is 0 Å². The maximum atomic E-state index is 9.00. The van der Waals surface area contributed by atoms with Crippen molar-refractivity contribution in [3.05, 3.63) is 0 Å². The monoisotopic (exact) mass is 390 g/mol. The van der Waals surface area contributed by atoms with Crippen LogP contribution in [0.4, 0.5) is 0 Å². The molecule has 21 heavy (non-hydrogen) atoms. The maximum absolute atomic E-state index is 9.00. The van der Waals surface area contributed by atoms with Gasteiger partial charge in [-0.15, -0.1) is 0 Å². The van der Waals surface area contributed by atoms with Gasteiger partial charge in [-0.05, 0) is 0 Å². The molecule has 0 heterocycles. The molecule has 0 rings (SSSR count). The van der Waals surface area contributed by atoms with Gasteiger partial charge in [-0.2, -0.15) is 0 Å². The minimum Gasteiger partial charge on any atom is -0.481 e. The molecule has 0 aliphatic rings. The Hall–Kier alpha value is -1.77. The third kappa shape index (κ3) is 1540. The van der Waals surface area contributed by atoms with Gasteiger partial charge in [0.2, 0.25) is 0 Å². The van der Waals surface area contributed by atoms with Crippen LogP contribution in [-0.2, 0) is 50.2 Å². The fraction of sp³-hybridized carbons (Fsp3) is 0.500. The summed E-state index contributed by atoms with van der Waals surface area (Å²) in [6, 6.07) is 0. The third-order valence-corrected chi connectivity index (χ3v) is 0. The molecule has 0 amide bonds. The first-order chi connectivity index (χ1) is 8.66. The van der Waals surface area contributed by atoms with E-state index in [1.165, 1.54) is 0 Å². The van der Waals surface area contributed by atoms with Gasteiger partial charge in [0.1, 0.15) is 0 Å². The molecule has 0 aromatic carbocycles. The van der Waals surface area contributed by atoms with Crippen LogP contribution in [-0.4, -0.2) is 55.4 Å². The van der Waals surface area contributed by atoms with Crippen LogP contribution in [0.2, 0.25) is 0 Å². The molecule has 10 nitrogen and oxygen atoms in total. The first kappa shape index (κ1) is 36.5. The fourth-order valence-corrected chi connectivity index (χ4v) is 0. The fourth-order valence-electron chi connectivity index (χ4n) is 0. The quantitative estimate of drug-likeness (QED) is 0.388. The number of aliphatic carboxylic acids is 5. The van der Waals surface area contributed by atoms with Gasteiger partial charge < -0.3 is 25.5 Å². The minimum absolute atomic E-state index is 0. The van der Waals surface area contributed by atoms with Crippen LogP contribution >= 0.6 is 0 Å². The van der Waals surface area contributed by atoms with Gasteiger partial charge in [0.15, 0.2) is 0 Å². The number of carboxylic acid groups (broad SMARTS) is 5. The summed E-state index contributed by atoms with van der Waals surface area (Å²) in [4.78, 5) is 45.0. The second-order valence-corrected chi connectivity index (χ2v) is 2.60. The van der Waals surface area contributed by atoms with Gasteiger partial charge in [-0.1, -0.05) is 0 Å². The van der Waals surface area contributed by atoms with Crippen LogP contribution < -0.4 is 0 Å². The van der Waals surface area contributed by atoms with Crippen molar-refractivity contribution in [1.29, 1.82) is 0 Å². The molecule has 0 aliphatic carbocycles. The summed E-state index contributed by atoms with van der Waals surface area (Å²) in [6.45, 7) is 5.42. The molecule has 0 spiro atoms. The van der Waals surface area contributed by atoms with E-state index in [4.69, 9.17) is 49.5 Å². The zero-order valence-corrected chi connectivity index (χ0v) is 14.7. The summed E-state index contributed by atoms with van der Waals surface area (Å²) in [6.07, 6.45) is 0. The molecule has 0 atom stereocenters. The minimum atomic E-state index is -0.833. The van der Waals surface area contributed by atoms with Crippen LogP contribution in [0.1, 0.15) is 34.6 Å². The number of carbonyl (C=O) groups is 5. The summed E-state index contributed by atoms with van der Waals surface area (Å²) in [5, 5.41) is 37.1. The maximum Gasteiger partial charge on any atom is 0.300 e.